The second-order valence-electron chi connectivity index (χ2n) is 3.04. The third-order valence-corrected chi connectivity index (χ3v) is 2.82. The number of hydrogen-bond acceptors (Lipinski definition) is 3. The van der Waals surface area contributed by atoms with Gasteiger partial charge in [-0.25, -0.2) is 4.74 Å². The Kier molecular flexibility index (Phi) is 5.46. The number of alkyl halides is 8. The molecule has 0 saturated heterocycles. The quantitative estimate of drug-likeness (QED) is 0.384. The molecule has 0 spiro atoms. The zero-order valence-corrected chi connectivity index (χ0v) is 11.6. The van der Waals surface area contributed by atoms with E-state index in [0.29, 0.717) is 0 Å². The molecule has 0 bridgehead atoms. The maximum absolute atomic E-state index is 12.7. The monoisotopic (exact) mass is 450 g/mol. The SMILES string of the molecule is O=S(=O)(O)C(F)(F)C(F)(F)OC(F)(F)C(F)(F)C=CI. The molecule has 0 fully saturated rings. The summed E-state index contributed by atoms with van der Waals surface area (Å²) in [4.78, 5) is 0. The first-order valence-corrected chi connectivity index (χ1v) is 6.67. The van der Waals surface area contributed by atoms with Crippen molar-refractivity contribution in [2.24, 2.45) is 0 Å². The fraction of sp³-hybridized carbons (Fsp3) is 0.667. The van der Waals surface area contributed by atoms with E-state index in [2.05, 4.69) is 0 Å². The van der Waals surface area contributed by atoms with Crippen LogP contribution in [-0.4, -0.2) is 36.4 Å². The van der Waals surface area contributed by atoms with Crippen LogP contribution in [0.2, 0.25) is 0 Å². The lowest BCUT2D eigenvalue weighted by Crippen LogP contribution is -2.55. The largest absolute Gasteiger partial charge is 0.460 e. The summed E-state index contributed by atoms with van der Waals surface area (Å²) in [6, 6.07) is 0. The van der Waals surface area contributed by atoms with Gasteiger partial charge in [-0.2, -0.15) is 43.5 Å². The van der Waals surface area contributed by atoms with Crippen LogP contribution in [0.5, 0.6) is 0 Å². The van der Waals surface area contributed by atoms with Crippen molar-refractivity contribution < 1.29 is 52.8 Å². The van der Waals surface area contributed by atoms with Crippen LogP contribution in [0.15, 0.2) is 10.2 Å². The van der Waals surface area contributed by atoms with Crippen molar-refractivity contribution in [3.05, 3.63) is 10.2 Å². The van der Waals surface area contributed by atoms with E-state index < -0.39 is 39.6 Å². The summed E-state index contributed by atoms with van der Waals surface area (Å²) in [5.41, 5.74) is 0. The summed E-state index contributed by atoms with van der Waals surface area (Å²) in [5.74, 6) is -5.44. The molecule has 0 aliphatic heterocycles. The van der Waals surface area contributed by atoms with E-state index in [-0.39, 0.29) is 4.08 Å². The second-order valence-corrected chi connectivity index (χ2v) is 5.23. The van der Waals surface area contributed by atoms with Crippen molar-refractivity contribution >= 4 is 32.7 Å². The Morgan fingerprint density at radius 1 is 0.950 bits per heavy atom. The standard InChI is InChI=1S/C6H3F8IO4S/c7-3(8,1-2-15)4(9,10)19-5(11,12)6(13,14)20(16,17)18/h1-2H,(H,16,17,18). The predicted octanol–water partition coefficient (Wildman–Crippen LogP) is 3.25. The third-order valence-electron chi connectivity index (χ3n) is 1.58. The molecule has 0 aromatic heterocycles. The Bertz CT molecular complexity index is 487. The average Bonchev–Trinajstić information content (AvgIpc) is 2.13. The van der Waals surface area contributed by atoms with Gasteiger partial charge in [0.1, 0.15) is 0 Å². The van der Waals surface area contributed by atoms with Crippen LogP contribution in [0.4, 0.5) is 35.1 Å². The summed E-state index contributed by atoms with van der Waals surface area (Å²) < 4.78 is 131. The lowest BCUT2D eigenvalue weighted by Gasteiger charge is -2.30. The van der Waals surface area contributed by atoms with E-state index in [1.165, 1.54) is 0 Å². The maximum atomic E-state index is 12.7. The van der Waals surface area contributed by atoms with E-state index in [1.54, 1.807) is 0 Å². The lowest BCUT2D eigenvalue weighted by molar-refractivity contribution is -0.448. The number of ether oxygens (including phenoxy) is 1. The highest BCUT2D eigenvalue weighted by atomic mass is 127. The van der Waals surface area contributed by atoms with Gasteiger partial charge in [0.15, 0.2) is 0 Å². The van der Waals surface area contributed by atoms with Gasteiger partial charge < -0.3 is 0 Å². The fourth-order valence-electron chi connectivity index (χ4n) is 0.615. The van der Waals surface area contributed by atoms with Crippen molar-refractivity contribution in [1.29, 1.82) is 0 Å². The number of hydrogen-bond donors (Lipinski definition) is 1. The highest BCUT2D eigenvalue weighted by Crippen LogP contribution is 2.47. The normalized spacial score (nSPS) is 15.9. The molecular formula is C6H3F8IO4S. The minimum absolute atomic E-state index is 0.258. The Balaban J connectivity index is 5.61. The average molecular weight is 450 g/mol. The molecule has 0 heterocycles. The van der Waals surface area contributed by atoms with Gasteiger partial charge in [0.25, 0.3) is 0 Å². The smallest absolute Gasteiger partial charge is 0.281 e. The van der Waals surface area contributed by atoms with Gasteiger partial charge in [0, 0.05) is 0 Å². The first kappa shape index (κ1) is 19.8. The second kappa shape index (κ2) is 5.53. The van der Waals surface area contributed by atoms with Gasteiger partial charge in [0.2, 0.25) is 0 Å². The van der Waals surface area contributed by atoms with Crippen LogP contribution in [0.1, 0.15) is 0 Å². The molecule has 0 radical (unpaired) electrons. The topological polar surface area (TPSA) is 63.6 Å². The number of rotatable bonds is 6. The van der Waals surface area contributed by atoms with Gasteiger partial charge in [0.05, 0.1) is 0 Å². The van der Waals surface area contributed by atoms with Crippen molar-refractivity contribution in [3.63, 3.8) is 0 Å². The van der Waals surface area contributed by atoms with E-state index in [1.807, 2.05) is 4.74 Å². The molecule has 14 heteroatoms. The molecule has 0 aromatic carbocycles. The molecule has 0 unspecified atom stereocenters. The van der Waals surface area contributed by atoms with E-state index in [9.17, 15) is 43.5 Å². The first-order valence-electron chi connectivity index (χ1n) is 3.98. The Morgan fingerprint density at radius 3 is 1.65 bits per heavy atom. The molecule has 20 heavy (non-hydrogen) atoms. The molecule has 0 amide bonds. The van der Waals surface area contributed by atoms with Crippen LogP contribution >= 0.6 is 22.6 Å². The van der Waals surface area contributed by atoms with Crippen molar-refractivity contribution in [3.8, 4) is 0 Å². The van der Waals surface area contributed by atoms with Gasteiger partial charge >= 0.3 is 33.5 Å². The maximum Gasteiger partial charge on any atom is 0.460 e. The Labute approximate surface area is 119 Å². The van der Waals surface area contributed by atoms with Gasteiger partial charge in [-0.15, -0.1) is 0 Å². The van der Waals surface area contributed by atoms with Crippen LogP contribution < -0.4 is 0 Å². The lowest BCUT2D eigenvalue weighted by atomic mass is 10.3. The van der Waals surface area contributed by atoms with E-state index >= 15 is 0 Å². The molecule has 1 N–H and O–H groups in total. The van der Waals surface area contributed by atoms with Gasteiger partial charge in [-0.3, -0.25) is 4.55 Å². The summed E-state index contributed by atoms with van der Waals surface area (Å²) in [6.45, 7) is 0. The fourth-order valence-corrected chi connectivity index (χ4v) is 1.41. The van der Waals surface area contributed by atoms with Crippen LogP contribution in [0.25, 0.3) is 0 Å². The predicted molar refractivity (Wildman–Crippen MR) is 55.6 cm³/mol. The van der Waals surface area contributed by atoms with Crippen molar-refractivity contribution in [1.82, 2.24) is 0 Å². The highest BCUT2D eigenvalue weighted by Gasteiger charge is 2.73. The first-order chi connectivity index (χ1) is 8.52. The molecule has 0 aliphatic carbocycles. The zero-order valence-electron chi connectivity index (χ0n) is 8.64. The minimum Gasteiger partial charge on any atom is -0.281 e. The third kappa shape index (κ3) is 3.70. The molecule has 4 nitrogen and oxygen atoms in total. The summed E-state index contributed by atoms with van der Waals surface area (Å²) >= 11 is 0.998. The Morgan fingerprint density at radius 2 is 1.35 bits per heavy atom. The van der Waals surface area contributed by atoms with E-state index in [0.717, 1.165) is 22.6 Å². The minimum atomic E-state index is -6.90. The molecule has 0 aromatic rings. The molecule has 0 atom stereocenters. The molecule has 0 rings (SSSR count). The number of halogens is 9. The van der Waals surface area contributed by atoms with Crippen LogP contribution in [0, 0.1) is 0 Å². The van der Waals surface area contributed by atoms with Crippen molar-refractivity contribution in [2.45, 2.75) is 23.4 Å². The molecule has 0 aliphatic rings. The van der Waals surface area contributed by atoms with Crippen LogP contribution in [-0.2, 0) is 14.9 Å². The Hall–Kier alpha value is -0.220. The van der Waals surface area contributed by atoms with Gasteiger partial charge in [-0.1, -0.05) is 22.6 Å². The zero-order chi connectivity index (χ0) is 16.6. The summed E-state index contributed by atoms with van der Waals surface area (Å²) in [7, 11) is -6.90. The highest BCUT2D eigenvalue weighted by molar-refractivity contribution is 14.1. The molecular weight excluding hydrogens is 447 g/mol. The van der Waals surface area contributed by atoms with Crippen molar-refractivity contribution in [2.75, 3.05) is 0 Å². The summed E-state index contributed by atoms with van der Waals surface area (Å²) in [6.07, 6.45) is -13.4. The van der Waals surface area contributed by atoms with E-state index in [4.69, 9.17) is 4.55 Å². The molecule has 0 saturated carbocycles. The summed E-state index contributed by atoms with van der Waals surface area (Å²) in [5, 5.41) is -6.56. The van der Waals surface area contributed by atoms with Crippen LogP contribution in [0.3, 0.4) is 0 Å². The van der Waals surface area contributed by atoms with Gasteiger partial charge in [-0.05, 0) is 10.2 Å². The molecule has 120 valence electrons.